The van der Waals surface area contributed by atoms with Crippen LogP contribution in [0.5, 0.6) is 5.75 Å². The van der Waals surface area contributed by atoms with E-state index in [1.165, 1.54) is 0 Å². The van der Waals surface area contributed by atoms with Crippen LogP contribution in [-0.2, 0) is 4.74 Å². The Kier molecular flexibility index (Phi) is 6.12. The lowest BCUT2D eigenvalue weighted by Crippen LogP contribution is -2.36. The van der Waals surface area contributed by atoms with Crippen LogP contribution in [0.4, 0.5) is 5.69 Å². The van der Waals surface area contributed by atoms with E-state index < -0.39 is 0 Å². The lowest BCUT2D eigenvalue weighted by molar-refractivity contribution is 0.0935. The first-order chi connectivity index (χ1) is 12.7. The summed E-state index contributed by atoms with van der Waals surface area (Å²) in [5.74, 6) is 0.759. The molecule has 0 aliphatic carbocycles. The van der Waals surface area contributed by atoms with Gasteiger partial charge in [-0.1, -0.05) is 19.1 Å². The quantitative estimate of drug-likeness (QED) is 0.864. The maximum atomic E-state index is 12.6. The van der Waals surface area contributed by atoms with Crippen LogP contribution in [0.3, 0.4) is 0 Å². The van der Waals surface area contributed by atoms with Gasteiger partial charge < -0.3 is 19.7 Å². The smallest absolute Gasteiger partial charge is 0.251 e. The van der Waals surface area contributed by atoms with Gasteiger partial charge in [0.05, 0.1) is 26.4 Å². The summed E-state index contributed by atoms with van der Waals surface area (Å²) in [5, 5.41) is 3.12. The number of nitrogens with one attached hydrogen (secondary N) is 1. The molecule has 138 valence electrons. The normalized spacial score (nSPS) is 15.4. The SMILES string of the molecule is CCC(NC(=O)c1ccc(N2CCOCC2)cc1)c1ccc(OC)cc1. The van der Waals surface area contributed by atoms with Gasteiger partial charge in [-0.25, -0.2) is 0 Å². The Bertz CT molecular complexity index is 707. The lowest BCUT2D eigenvalue weighted by atomic mass is 10.0. The molecule has 0 bridgehead atoms. The van der Waals surface area contributed by atoms with Crippen molar-refractivity contribution in [3.8, 4) is 5.75 Å². The molecule has 1 saturated heterocycles. The van der Waals surface area contributed by atoms with Crippen LogP contribution in [0.1, 0.15) is 35.3 Å². The number of morpholine rings is 1. The third kappa shape index (κ3) is 4.35. The molecule has 3 rings (SSSR count). The van der Waals surface area contributed by atoms with Gasteiger partial charge in [0, 0.05) is 24.3 Å². The highest BCUT2D eigenvalue weighted by Crippen LogP contribution is 2.21. The lowest BCUT2D eigenvalue weighted by Gasteiger charge is -2.28. The summed E-state index contributed by atoms with van der Waals surface area (Å²) >= 11 is 0. The van der Waals surface area contributed by atoms with Gasteiger partial charge in [-0.3, -0.25) is 4.79 Å². The molecule has 1 aliphatic rings. The zero-order valence-electron chi connectivity index (χ0n) is 15.4. The summed E-state index contributed by atoms with van der Waals surface area (Å²) < 4.78 is 10.6. The number of nitrogens with zero attached hydrogens (tertiary/aromatic N) is 1. The van der Waals surface area contributed by atoms with Crippen LogP contribution in [0, 0.1) is 0 Å². The van der Waals surface area contributed by atoms with Gasteiger partial charge in [0.1, 0.15) is 5.75 Å². The van der Waals surface area contributed by atoms with E-state index in [9.17, 15) is 4.79 Å². The Labute approximate surface area is 154 Å². The third-order valence-electron chi connectivity index (χ3n) is 4.74. The molecule has 0 saturated carbocycles. The number of carbonyl (C=O) groups is 1. The first-order valence-electron chi connectivity index (χ1n) is 9.09. The van der Waals surface area contributed by atoms with Crippen LogP contribution in [0.2, 0.25) is 0 Å². The second kappa shape index (κ2) is 8.72. The zero-order valence-corrected chi connectivity index (χ0v) is 15.4. The van der Waals surface area contributed by atoms with Crippen LogP contribution in [0.25, 0.3) is 0 Å². The van der Waals surface area contributed by atoms with Crippen molar-refractivity contribution >= 4 is 11.6 Å². The number of hydrogen-bond acceptors (Lipinski definition) is 4. The van der Waals surface area contributed by atoms with Crippen molar-refractivity contribution in [3.05, 3.63) is 59.7 Å². The van der Waals surface area contributed by atoms with E-state index >= 15 is 0 Å². The van der Waals surface area contributed by atoms with Crippen molar-refractivity contribution < 1.29 is 14.3 Å². The predicted molar refractivity (Wildman–Crippen MR) is 103 cm³/mol. The van der Waals surface area contributed by atoms with Gasteiger partial charge in [0.2, 0.25) is 0 Å². The number of methoxy groups -OCH3 is 1. The van der Waals surface area contributed by atoms with Gasteiger partial charge in [0.25, 0.3) is 5.91 Å². The van der Waals surface area contributed by atoms with E-state index in [1.54, 1.807) is 7.11 Å². The molecule has 1 unspecified atom stereocenters. The summed E-state index contributed by atoms with van der Waals surface area (Å²) in [6, 6.07) is 15.6. The Morgan fingerprint density at radius 1 is 1.12 bits per heavy atom. The predicted octanol–water partition coefficient (Wildman–Crippen LogP) is 3.41. The number of anilines is 1. The number of benzene rings is 2. The number of carbonyl (C=O) groups excluding carboxylic acids is 1. The molecule has 0 aromatic heterocycles. The van der Waals surface area contributed by atoms with Gasteiger partial charge in [-0.15, -0.1) is 0 Å². The minimum atomic E-state index is -0.0544. The number of hydrogen-bond donors (Lipinski definition) is 1. The number of rotatable bonds is 6. The van der Waals surface area contributed by atoms with Crippen molar-refractivity contribution in [1.82, 2.24) is 5.32 Å². The van der Waals surface area contributed by atoms with Crippen molar-refractivity contribution in [2.24, 2.45) is 0 Å². The minimum Gasteiger partial charge on any atom is -0.497 e. The molecule has 0 spiro atoms. The molecule has 1 atom stereocenters. The Hall–Kier alpha value is -2.53. The Morgan fingerprint density at radius 2 is 1.77 bits per heavy atom. The number of amides is 1. The largest absolute Gasteiger partial charge is 0.497 e. The monoisotopic (exact) mass is 354 g/mol. The van der Waals surface area contributed by atoms with Crippen LogP contribution in [-0.4, -0.2) is 39.3 Å². The average Bonchev–Trinajstić information content (AvgIpc) is 2.72. The molecular weight excluding hydrogens is 328 g/mol. The summed E-state index contributed by atoms with van der Waals surface area (Å²) in [7, 11) is 1.65. The molecule has 26 heavy (non-hydrogen) atoms. The molecule has 5 heteroatoms. The molecule has 1 fully saturated rings. The van der Waals surface area contributed by atoms with Crippen LogP contribution in [0.15, 0.2) is 48.5 Å². The first-order valence-corrected chi connectivity index (χ1v) is 9.09. The van der Waals surface area contributed by atoms with Gasteiger partial charge in [-0.05, 0) is 48.4 Å². The Morgan fingerprint density at radius 3 is 2.35 bits per heavy atom. The molecule has 1 N–H and O–H groups in total. The second-order valence-electron chi connectivity index (χ2n) is 6.35. The highest BCUT2D eigenvalue weighted by Gasteiger charge is 2.16. The van der Waals surface area contributed by atoms with E-state index in [0.29, 0.717) is 5.56 Å². The zero-order chi connectivity index (χ0) is 18.4. The second-order valence-corrected chi connectivity index (χ2v) is 6.35. The van der Waals surface area contributed by atoms with Crippen molar-refractivity contribution in [2.45, 2.75) is 19.4 Å². The molecule has 2 aromatic rings. The summed E-state index contributed by atoms with van der Waals surface area (Å²) in [6.07, 6.45) is 0.823. The van der Waals surface area contributed by atoms with E-state index in [1.807, 2.05) is 48.5 Å². The molecule has 1 amide bonds. The molecule has 1 aliphatic heterocycles. The van der Waals surface area contributed by atoms with Gasteiger partial charge in [-0.2, -0.15) is 0 Å². The Balaban J connectivity index is 1.65. The highest BCUT2D eigenvalue weighted by molar-refractivity contribution is 5.94. The first kappa shape index (κ1) is 18.3. The van der Waals surface area contributed by atoms with Crippen LogP contribution < -0.4 is 15.0 Å². The summed E-state index contributed by atoms with van der Waals surface area (Å²) in [4.78, 5) is 14.9. The maximum Gasteiger partial charge on any atom is 0.251 e. The minimum absolute atomic E-state index is 0.0210. The van der Waals surface area contributed by atoms with Gasteiger partial charge in [0.15, 0.2) is 0 Å². The molecule has 5 nitrogen and oxygen atoms in total. The van der Waals surface area contributed by atoms with E-state index in [-0.39, 0.29) is 11.9 Å². The van der Waals surface area contributed by atoms with Crippen molar-refractivity contribution in [2.75, 3.05) is 38.3 Å². The maximum absolute atomic E-state index is 12.6. The highest BCUT2D eigenvalue weighted by atomic mass is 16.5. The van der Waals surface area contributed by atoms with E-state index in [0.717, 1.165) is 49.7 Å². The third-order valence-corrected chi connectivity index (χ3v) is 4.74. The van der Waals surface area contributed by atoms with Gasteiger partial charge >= 0.3 is 0 Å². The fraction of sp³-hybridized carbons (Fsp3) is 0.381. The summed E-state index contributed by atoms with van der Waals surface area (Å²) in [5.41, 5.74) is 2.88. The average molecular weight is 354 g/mol. The number of ether oxygens (including phenoxy) is 2. The van der Waals surface area contributed by atoms with Crippen molar-refractivity contribution in [1.29, 1.82) is 0 Å². The van der Waals surface area contributed by atoms with E-state index in [4.69, 9.17) is 9.47 Å². The molecule has 2 aromatic carbocycles. The molecular formula is C21H26N2O3. The fourth-order valence-electron chi connectivity index (χ4n) is 3.14. The topological polar surface area (TPSA) is 50.8 Å². The fourth-order valence-corrected chi connectivity index (χ4v) is 3.14. The standard InChI is InChI=1S/C21H26N2O3/c1-3-20(16-6-10-19(25-2)11-7-16)22-21(24)17-4-8-18(9-5-17)23-12-14-26-15-13-23/h4-11,20H,3,12-15H2,1-2H3,(H,22,24). The molecule has 1 heterocycles. The molecule has 0 radical (unpaired) electrons. The van der Waals surface area contributed by atoms with E-state index in [2.05, 4.69) is 17.1 Å². The summed E-state index contributed by atoms with van der Waals surface area (Å²) in [6.45, 7) is 5.35. The van der Waals surface area contributed by atoms with Crippen LogP contribution >= 0.6 is 0 Å². The van der Waals surface area contributed by atoms with Crippen molar-refractivity contribution in [3.63, 3.8) is 0 Å².